The van der Waals surface area contributed by atoms with Crippen molar-refractivity contribution < 1.29 is 13.2 Å². The van der Waals surface area contributed by atoms with Gasteiger partial charge in [0.05, 0.1) is 10.6 Å². The molecule has 2 N–H and O–H groups in total. The van der Waals surface area contributed by atoms with Gasteiger partial charge in [0.25, 0.3) is 5.91 Å². The summed E-state index contributed by atoms with van der Waals surface area (Å²) in [5.41, 5.74) is 2.37. The number of benzene rings is 2. The fraction of sp³-hybridized carbons (Fsp3) is 0.167. The van der Waals surface area contributed by atoms with Crippen molar-refractivity contribution in [3.05, 3.63) is 65.9 Å². The molecule has 0 aliphatic heterocycles. The molecule has 2 aromatic carbocycles. The number of nitrogens with one attached hydrogen (secondary N) is 2. The summed E-state index contributed by atoms with van der Waals surface area (Å²) in [6, 6.07) is 14.0. The Balaban J connectivity index is 1.72. The van der Waals surface area contributed by atoms with Crippen molar-refractivity contribution in [2.24, 2.45) is 0 Å². The third-order valence-electron chi connectivity index (χ3n) is 3.96. The summed E-state index contributed by atoms with van der Waals surface area (Å²) < 4.78 is 23.6. The molecule has 3 aromatic rings. The van der Waals surface area contributed by atoms with E-state index in [0.717, 1.165) is 16.5 Å². The van der Waals surface area contributed by atoms with E-state index in [-0.39, 0.29) is 11.7 Å². The Hall–Kier alpha value is -2.60. The van der Waals surface area contributed by atoms with Gasteiger partial charge in [-0.25, -0.2) is 8.42 Å². The molecule has 0 spiro atoms. The topological polar surface area (TPSA) is 79.0 Å². The fourth-order valence-electron chi connectivity index (χ4n) is 2.54. The van der Waals surface area contributed by atoms with Gasteiger partial charge in [-0.05, 0) is 35.9 Å². The second kappa shape index (κ2) is 6.49. The normalized spacial score (nSPS) is 11.5. The van der Waals surface area contributed by atoms with E-state index < -0.39 is 9.84 Å². The molecule has 0 radical (unpaired) electrons. The summed E-state index contributed by atoms with van der Waals surface area (Å²) in [5.74, 6) is -0.0884. The van der Waals surface area contributed by atoms with Crippen LogP contribution < -0.4 is 5.32 Å². The Bertz CT molecular complexity index is 973. The predicted octanol–water partition coefficient (Wildman–Crippen LogP) is 2.89. The standard InChI is InChI=1S/C18H18N2O3S/c1-2-24(22,23)14-8-6-13(7-9-14)12-20-18(21)16-4-3-5-17-15(16)10-11-19-17/h3-11,19H,2,12H2,1H3,(H,20,21). The average molecular weight is 342 g/mol. The number of rotatable bonds is 5. The van der Waals surface area contributed by atoms with Gasteiger partial charge in [-0.1, -0.05) is 25.1 Å². The first-order chi connectivity index (χ1) is 11.5. The van der Waals surface area contributed by atoms with Gasteiger partial charge in [-0.2, -0.15) is 0 Å². The van der Waals surface area contributed by atoms with Gasteiger partial charge in [0, 0.05) is 29.2 Å². The maximum Gasteiger partial charge on any atom is 0.252 e. The van der Waals surface area contributed by atoms with Gasteiger partial charge >= 0.3 is 0 Å². The predicted molar refractivity (Wildman–Crippen MR) is 93.6 cm³/mol. The number of carbonyl (C=O) groups excluding carboxylic acids is 1. The summed E-state index contributed by atoms with van der Waals surface area (Å²) >= 11 is 0. The lowest BCUT2D eigenvalue weighted by molar-refractivity contribution is 0.0952. The van der Waals surface area contributed by atoms with Gasteiger partial charge in [0.1, 0.15) is 0 Å². The Labute approximate surface area is 140 Å². The molecule has 0 saturated heterocycles. The summed E-state index contributed by atoms with van der Waals surface area (Å²) in [6.07, 6.45) is 1.80. The molecular formula is C18H18N2O3S. The molecule has 124 valence electrons. The molecule has 6 heteroatoms. The number of hydrogen-bond acceptors (Lipinski definition) is 3. The molecule has 1 amide bonds. The molecular weight excluding hydrogens is 324 g/mol. The summed E-state index contributed by atoms with van der Waals surface area (Å²) in [5, 5.41) is 3.74. The van der Waals surface area contributed by atoms with Crippen LogP contribution in [0.1, 0.15) is 22.8 Å². The second-order valence-corrected chi connectivity index (χ2v) is 7.75. The zero-order valence-corrected chi connectivity index (χ0v) is 14.1. The van der Waals surface area contributed by atoms with Crippen LogP contribution in [-0.4, -0.2) is 25.1 Å². The number of H-pyrrole nitrogens is 1. The van der Waals surface area contributed by atoms with E-state index in [1.165, 1.54) is 0 Å². The molecule has 0 saturated carbocycles. The first-order valence-electron chi connectivity index (χ1n) is 7.67. The number of fused-ring (bicyclic) bond motifs is 1. The highest BCUT2D eigenvalue weighted by Crippen LogP contribution is 2.17. The van der Waals surface area contributed by atoms with E-state index in [0.29, 0.717) is 17.0 Å². The summed E-state index contributed by atoms with van der Waals surface area (Å²) in [7, 11) is -3.20. The summed E-state index contributed by atoms with van der Waals surface area (Å²) in [4.78, 5) is 15.8. The van der Waals surface area contributed by atoms with Crippen LogP contribution in [0, 0.1) is 0 Å². The van der Waals surface area contributed by atoms with Crippen molar-refractivity contribution in [3.63, 3.8) is 0 Å². The Morgan fingerprint density at radius 1 is 1.08 bits per heavy atom. The van der Waals surface area contributed by atoms with Gasteiger partial charge in [-0.15, -0.1) is 0 Å². The number of aromatic nitrogens is 1. The Morgan fingerprint density at radius 2 is 1.83 bits per heavy atom. The van der Waals surface area contributed by atoms with E-state index in [2.05, 4.69) is 10.3 Å². The van der Waals surface area contributed by atoms with Crippen LogP contribution in [0.5, 0.6) is 0 Å². The van der Waals surface area contributed by atoms with E-state index in [4.69, 9.17) is 0 Å². The molecule has 0 bridgehead atoms. The Morgan fingerprint density at radius 3 is 2.54 bits per heavy atom. The van der Waals surface area contributed by atoms with E-state index >= 15 is 0 Å². The second-order valence-electron chi connectivity index (χ2n) is 5.47. The molecule has 1 aromatic heterocycles. The van der Waals surface area contributed by atoms with Crippen LogP contribution in [-0.2, 0) is 16.4 Å². The molecule has 0 unspecified atom stereocenters. The monoisotopic (exact) mass is 342 g/mol. The van der Waals surface area contributed by atoms with Crippen molar-refractivity contribution in [3.8, 4) is 0 Å². The number of sulfone groups is 1. The molecule has 0 aliphatic carbocycles. The van der Waals surface area contributed by atoms with Crippen LogP contribution >= 0.6 is 0 Å². The molecule has 1 heterocycles. The molecule has 0 fully saturated rings. The first kappa shape index (κ1) is 16.3. The zero-order chi connectivity index (χ0) is 17.2. The third-order valence-corrected chi connectivity index (χ3v) is 5.71. The van der Waals surface area contributed by atoms with Crippen molar-refractivity contribution in [2.45, 2.75) is 18.4 Å². The lowest BCUT2D eigenvalue weighted by Crippen LogP contribution is -2.22. The van der Waals surface area contributed by atoms with Crippen molar-refractivity contribution in [1.29, 1.82) is 0 Å². The highest BCUT2D eigenvalue weighted by atomic mass is 32.2. The highest BCUT2D eigenvalue weighted by molar-refractivity contribution is 7.91. The van der Waals surface area contributed by atoms with Crippen LogP contribution in [0.2, 0.25) is 0 Å². The minimum atomic E-state index is -3.20. The maximum atomic E-state index is 12.4. The molecule has 0 atom stereocenters. The number of hydrogen-bond donors (Lipinski definition) is 2. The average Bonchev–Trinajstić information content (AvgIpc) is 3.08. The van der Waals surface area contributed by atoms with Gasteiger partial charge in [-0.3, -0.25) is 4.79 Å². The molecule has 0 aliphatic rings. The van der Waals surface area contributed by atoms with Crippen molar-refractivity contribution in [2.75, 3.05) is 5.75 Å². The van der Waals surface area contributed by atoms with Gasteiger partial charge in [0.2, 0.25) is 0 Å². The number of aromatic amines is 1. The lowest BCUT2D eigenvalue weighted by atomic mass is 10.1. The Kier molecular flexibility index (Phi) is 4.40. The first-order valence-corrected chi connectivity index (χ1v) is 9.32. The van der Waals surface area contributed by atoms with Crippen LogP contribution in [0.3, 0.4) is 0 Å². The van der Waals surface area contributed by atoms with Crippen LogP contribution in [0.25, 0.3) is 10.9 Å². The largest absolute Gasteiger partial charge is 0.361 e. The van der Waals surface area contributed by atoms with Crippen molar-refractivity contribution >= 4 is 26.6 Å². The quantitative estimate of drug-likeness (QED) is 0.748. The zero-order valence-electron chi connectivity index (χ0n) is 13.2. The van der Waals surface area contributed by atoms with Crippen molar-refractivity contribution in [1.82, 2.24) is 10.3 Å². The summed E-state index contributed by atoms with van der Waals surface area (Å²) in [6.45, 7) is 1.96. The lowest BCUT2D eigenvalue weighted by Gasteiger charge is -2.08. The maximum absolute atomic E-state index is 12.4. The minimum Gasteiger partial charge on any atom is -0.361 e. The van der Waals surface area contributed by atoms with E-state index in [1.807, 2.05) is 18.2 Å². The van der Waals surface area contributed by atoms with E-state index in [1.54, 1.807) is 43.5 Å². The highest BCUT2D eigenvalue weighted by Gasteiger charge is 2.12. The number of amides is 1. The third kappa shape index (κ3) is 3.19. The number of carbonyl (C=O) groups is 1. The molecule has 3 rings (SSSR count). The van der Waals surface area contributed by atoms with Crippen LogP contribution in [0.15, 0.2) is 59.6 Å². The smallest absolute Gasteiger partial charge is 0.252 e. The van der Waals surface area contributed by atoms with Crippen LogP contribution in [0.4, 0.5) is 0 Å². The SMILES string of the molecule is CCS(=O)(=O)c1ccc(CNC(=O)c2cccc3[nH]ccc23)cc1. The molecule has 24 heavy (non-hydrogen) atoms. The van der Waals surface area contributed by atoms with Gasteiger partial charge in [0.15, 0.2) is 9.84 Å². The fourth-order valence-corrected chi connectivity index (χ4v) is 3.43. The van der Waals surface area contributed by atoms with Gasteiger partial charge < -0.3 is 10.3 Å². The van der Waals surface area contributed by atoms with E-state index in [9.17, 15) is 13.2 Å². The minimum absolute atomic E-state index is 0.0732. The molecule has 5 nitrogen and oxygen atoms in total.